The van der Waals surface area contributed by atoms with Gasteiger partial charge >= 0.3 is 6.09 Å². The van der Waals surface area contributed by atoms with E-state index in [9.17, 15) is 21.6 Å². The molecule has 0 spiro atoms. The maximum atomic E-state index is 11.2. The molecule has 0 aromatic carbocycles. The molecule has 1 aliphatic rings. The number of rotatable bonds is 4. The second kappa shape index (κ2) is 5.23. The van der Waals surface area contributed by atoms with E-state index in [2.05, 4.69) is 0 Å². The van der Waals surface area contributed by atoms with Gasteiger partial charge in [-0.2, -0.15) is 16.8 Å². The molecule has 1 heterocycles. The molecule has 0 aliphatic carbocycles. The van der Waals surface area contributed by atoms with Crippen molar-refractivity contribution in [3.63, 3.8) is 0 Å². The van der Waals surface area contributed by atoms with E-state index in [0.29, 0.717) is 0 Å². The quantitative estimate of drug-likeness (QED) is 0.538. The minimum Gasteiger partial charge on any atom is -0.465 e. The Morgan fingerprint density at radius 3 is 1.68 bits per heavy atom. The first kappa shape index (κ1) is 16.1. The number of likely N-dealkylation sites (tertiary alicyclic amines) is 1. The van der Waals surface area contributed by atoms with Crippen LogP contribution in [-0.2, 0) is 28.6 Å². The molecule has 0 saturated carbocycles. The predicted molar refractivity (Wildman–Crippen MR) is 63.4 cm³/mol. The summed E-state index contributed by atoms with van der Waals surface area (Å²) in [7, 11) is -7.90. The molecule has 0 aromatic rings. The average Bonchev–Trinajstić information content (AvgIpc) is 2.11. The molecule has 1 saturated heterocycles. The van der Waals surface area contributed by atoms with Crippen LogP contribution in [0.2, 0.25) is 0 Å². The molecule has 112 valence electrons. The van der Waals surface area contributed by atoms with Crippen molar-refractivity contribution in [2.45, 2.75) is 18.6 Å². The number of nitrogens with zero attached hydrogens (tertiary/aromatic N) is 1. The summed E-state index contributed by atoms with van der Waals surface area (Å²) < 4.78 is 54.2. The van der Waals surface area contributed by atoms with E-state index in [-0.39, 0.29) is 25.9 Å². The highest BCUT2D eigenvalue weighted by molar-refractivity contribution is 7.86. The summed E-state index contributed by atoms with van der Waals surface area (Å²) in [5, 5.41) is 8.78. The summed E-state index contributed by atoms with van der Waals surface area (Å²) in [6, 6.07) is 0. The van der Waals surface area contributed by atoms with E-state index in [0.717, 1.165) is 17.4 Å². The second-order valence-corrected chi connectivity index (χ2v) is 7.41. The molecule has 0 unspecified atom stereocenters. The molecule has 9 nitrogen and oxygen atoms in total. The van der Waals surface area contributed by atoms with E-state index < -0.39 is 32.1 Å². The third kappa shape index (κ3) is 5.30. The Labute approximate surface area is 111 Å². The normalized spacial score (nSPS) is 20.2. The number of hydrogen-bond acceptors (Lipinski definition) is 7. The summed E-state index contributed by atoms with van der Waals surface area (Å²) in [4.78, 5) is 11.8. The van der Waals surface area contributed by atoms with Gasteiger partial charge in [0.05, 0.1) is 12.5 Å². The van der Waals surface area contributed by atoms with Gasteiger partial charge < -0.3 is 10.0 Å². The molecule has 1 fully saturated rings. The molecular weight excluding hydrogens is 302 g/mol. The molecule has 1 rings (SSSR count). The number of amides is 1. The van der Waals surface area contributed by atoms with Crippen LogP contribution in [0.5, 0.6) is 0 Å². The Morgan fingerprint density at radius 2 is 1.42 bits per heavy atom. The average molecular weight is 317 g/mol. The van der Waals surface area contributed by atoms with Crippen LogP contribution in [0, 0.1) is 0 Å². The molecular formula is C8H15NO8S2. The van der Waals surface area contributed by atoms with Crippen molar-refractivity contribution in [2.75, 3.05) is 25.6 Å². The fourth-order valence-electron chi connectivity index (χ4n) is 1.77. The van der Waals surface area contributed by atoms with E-state index >= 15 is 0 Å². The lowest BCUT2D eigenvalue weighted by Crippen LogP contribution is -2.50. The number of piperidine rings is 1. The largest absolute Gasteiger partial charge is 0.465 e. The van der Waals surface area contributed by atoms with Crippen molar-refractivity contribution in [1.29, 1.82) is 0 Å². The van der Waals surface area contributed by atoms with Gasteiger partial charge in [-0.15, -0.1) is 0 Å². The highest BCUT2D eigenvalue weighted by Crippen LogP contribution is 2.31. The Balaban J connectivity index is 2.94. The molecule has 19 heavy (non-hydrogen) atoms. The Bertz CT molecular complexity index is 507. The minimum absolute atomic E-state index is 0.0830. The first-order valence-corrected chi connectivity index (χ1v) is 8.85. The van der Waals surface area contributed by atoms with Crippen LogP contribution in [0.4, 0.5) is 4.79 Å². The Kier molecular flexibility index (Phi) is 4.44. The second-order valence-electron chi connectivity index (χ2n) is 4.26. The zero-order valence-corrected chi connectivity index (χ0v) is 12.0. The molecule has 11 heteroatoms. The van der Waals surface area contributed by atoms with Crippen LogP contribution in [0.3, 0.4) is 0 Å². The standard InChI is InChI=1S/C8H15NO8S2/c1-18(12,13)16-8(17-19(2,14)15)3-5-9(6-4-8)7(10)11/h3-6H2,1-2H3,(H,10,11). The third-order valence-electron chi connectivity index (χ3n) is 2.40. The smallest absolute Gasteiger partial charge is 0.407 e. The van der Waals surface area contributed by atoms with Gasteiger partial charge in [0.1, 0.15) is 0 Å². The van der Waals surface area contributed by atoms with Gasteiger partial charge in [0.25, 0.3) is 20.2 Å². The van der Waals surface area contributed by atoms with Crippen LogP contribution in [0.25, 0.3) is 0 Å². The number of hydrogen-bond donors (Lipinski definition) is 1. The van der Waals surface area contributed by atoms with Crippen LogP contribution >= 0.6 is 0 Å². The van der Waals surface area contributed by atoms with Crippen LogP contribution in [-0.4, -0.2) is 64.3 Å². The summed E-state index contributed by atoms with van der Waals surface area (Å²) in [5.74, 6) is -1.87. The van der Waals surface area contributed by atoms with E-state index in [1.54, 1.807) is 0 Å². The van der Waals surface area contributed by atoms with Crippen molar-refractivity contribution in [3.05, 3.63) is 0 Å². The van der Waals surface area contributed by atoms with Gasteiger partial charge in [-0.25, -0.2) is 13.2 Å². The van der Waals surface area contributed by atoms with Crippen LogP contribution in [0.1, 0.15) is 12.8 Å². The van der Waals surface area contributed by atoms with Gasteiger partial charge in [-0.3, -0.25) is 0 Å². The first-order valence-electron chi connectivity index (χ1n) is 5.22. The lowest BCUT2D eigenvalue weighted by atomic mass is 10.0. The van der Waals surface area contributed by atoms with Gasteiger partial charge in [-0.05, 0) is 0 Å². The molecule has 1 aliphatic heterocycles. The number of carboxylic acid groups (broad SMARTS) is 1. The van der Waals surface area contributed by atoms with Crippen molar-refractivity contribution < 1.29 is 35.1 Å². The topological polar surface area (TPSA) is 127 Å². The highest BCUT2D eigenvalue weighted by Gasteiger charge is 2.43. The lowest BCUT2D eigenvalue weighted by molar-refractivity contribution is -0.135. The third-order valence-corrected chi connectivity index (χ3v) is 3.62. The molecule has 0 radical (unpaired) electrons. The van der Waals surface area contributed by atoms with Gasteiger partial charge in [0, 0.05) is 25.9 Å². The Morgan fingerprint density at radius 1 is 1.05 bits per heavy atom. The molecule has 0 bridgehead atoms. The monoisotopic (exact) mass is 317 g/mol. The first-order chi connectivity index (χ1) is 8.43. The summed E-state index contributed by atoms with van der Waals surface area (Å²) >= 11 is 0. The minimum atomic E-state index is -3.95. The van der Waals surface area contributed by atoms with E-state index in [4.69, 9.17) is 13.5 Å². The van der Waals surface area contributed by atoms with Gasteiger partial charge in [0.15, 0.2) is 0 Å². The van der Waals surface area contributed by atoms with Crippen molar-refractivity contribution in [2.24, 2.45) is 0 Å². The fourth-order valence-corrected chi connectivity index (χ4v) is 3.32. The van der Waals surface area contributed by atoms with Crippen molar-refractivity contribution in [1.82, 2.24) is 4.90 Å². The van der Waals surface area contributed by atoms with Crippen molar-refractivity contribution in [3.8, 4) is 0 Å². The maximum Gasteiger partial charge on any atom is 0.407 e. The highest BCUT2D eigenvalue weighted by atomic mass is 32.2. The van der Waals surface area contributed by atoms with Crippen molar-refractivity contribution >= 4 is 26.3 Å². The zero-order chi connectivity index (χ0) is 14.9. The van der Waals surface area contributed by atoms with E-state index in [1.165, 1.54) is 0 Å². The molecule has 0 aromatic heterocycles. The Hall–Kier alpha value is -0.910. The summed E-state index contributed by atoms with van der Waals surface area (Å²) in [5.41, 5.74) is 0. The van der Waals surface area contributed by atoms with Gasteiger partial charge in [-0.1, -0.05) is 0 Å². The van der Waals surface area contributed by atoms with Crippen LogP contribution < -0.4 is 0 Å². The molecule has 1 N–H and O–H groups in total. The molecule has 1 amide bonds. The lowest BCUT2D eigenvalue weighted by Gasteiger charge is -2.38. The summed E-state index contributed by atoms with van der Waals surface area (Å²) in [6.07, 6.45) is -0.0282. The summed E-state index contributed by atoms with van der Waals surface area (Å²) in [6.45, 7) is -0.166. The van der Waals surface area contributed by atoms with Crippen LogP contribution in [0.15, 0.2) is 0 Å². The maximum absolute atomic E-state index is 11.2. The van der Waals surface area contributed by atoms with Gasteiger partial charge in [0.2, 0.25) is 5.79 Å². The zero-order valence-electron chi connectivity index (χ0n) is 10.4. The van der Waals surface area contributed by atoms with E-state index in [1.807, 2.05) is 0 Å². The fraction of sp³-hybridized carbons (Fsp3) is 0.875. The predicted octanol–water partition coefficient (Wildman–Crippen LogP) is -0.591. The molecule has 0 atom stereocenters. The SMILES string of the molecule is CS(=O)(=O)OC1(OS(C)(=O)=O)CCN(C(=O)O)CC1. The number of carbonyl (C=O) groups is 1.